The number of benzene rings is 1. The SMILES string of the molecule is COc1ccccc1C1CC1C(=O)N(CCO)C1CC1. The molecule has 2 fully saturated rings. The lowest BCUT2D eigenvalue weighted by molar-refractivity contribution is -0.133. The van der Waals surface area contributed by atoms with Gasteiger partial charge in [0.15, 0.2) is 0 Å². The number of amides is 1. The van der Waals surface area contributed by atoms with Crippen LogP contribution in [0, 0.1) is 5.92 Å². The molecule has 4 heteroatoms. The summed E-state index contributed by atoms with van der Waals surface area (Å²) in [6.07, 6.45) is 3.06. The number of hydrogen-bond acceptors (Lipinski definition) is 3. The first-order valence-electron chi connectivity index (χ1n) is 7.30. The predicted molar refractivity (Wildman–Crippen MR) is 75.7 cm³/mol. The molecule has 0 aliphatic heterocycles. The number of hydrogen-bond donors (Lipinski definition) is 1. The standard InChI is InChI=1S/C16H21NO3/c1-20-15-5-3-2-4-12(15)13-10-14(13)16(19)17(8-9-18)11-6-7-11/h2-5,11,13-14,18H,6-10H2,1H3. The molecule has 20 heavy (non-hydrogen) atoms. The van der Waals surface area contributed by atoms with Crippen LogP contribution in [0.1, 0.15) is 30.7 Å². The Morgan fingerprint density at radius 3 is 2.80 bits per heavy atom. The fourth-order valence-corrected chi connectivity index (χ4v) is 2.96. The number of nitrogens with zero attached hydrogens (tertiary/aromatic N) is 1. The van der Waals surface area contributed by atoms with Crippen LogP contribution in [-0.2, 0) is 4.79 Å². The van der Waals surface area contributed by atoms with E-state index in [0.717, 1.165) is 30.6 Å². The van der Waals surface area contributed by atoms with E-state index in [1.54, 1.807) is 7.11 Å². The lowest BCUT2D eigenvalue weighted by atomic mass is 10.1. The molecule has 1 amide bonds. The summed E-state index contributed by atoms with van der Waals surface area (Å²) in [5, 5.41) is 9.12. The largest absolute Gasteiger partial charge is 0.496 e. The number of para-hydroxylation sites is 1. The minimum Gasteiger partial charge on any atom is -0.496 e. The smallest absolute Gasteiger partial charge is 0.226 e. The number of rotatable bonds is 6. The van der Waals surface area contributed by atoms with Gasteiger partial charge in [0.2, 0.25) is 5.91 Å². The lowest BCUT2D eigenvalue weighted by Crippen LogP contribution is -2.36. The van der Waals surface area contributed by atoms with Crippen molar-refractivity contribution in [3.63, 3.8) is 0 Å². The van der Waals surface area contributed by atoms with Crippen LogP contribution in [0.25, 0.3) is 0 Å². The average molecular weight is 275 g/mol. The summed E-state index contributed by atoms with van der Waals surface area (Å²) < 4.78 is 5.38. The van der Waals surface area contributed by atoms with Crippen LogP contribution in [-0.4, -0.2) is 42.2 Å². The molecule has 0 spiro atoms. The highest BCUT2D eigenvalue weighted by atomic mass is 16.5. The van der Waals surface area contributed by atoms with E-state index in [9.17, 15) is 4.79 Å². The molecule has 0 radical (unpaired) electrons. The fourth-order valence-electron chi connectivity index (χ4n) is 2.96. The molecule has 2 saturated carbocycles. The van der Waals surface area contributed by atoms with E-state index in [1.165, 1.54) is 0 Å². The summed E-state index contributed by atoms with van der Waals surface area (Å²) in [7, 11) is 1.67. The molecule has 2 unspecified atom stereocenters. The molecule has 3 rings (SSSR count). The van der Waals surface area contributed by atoms with Gasteiger partial charge in [-0.3, -0.25) is 4.79 Å². The highest BCUT2D eigenvalue weighted by Crippen LogP contribution is 2.51. The minimum atomic E-state index is 0.0499. The quantitative estimate of drug-likeness (QED) is 0.861. The molecule has 0 aromatic heterocycles. The van der Waals surface area contributed by atoms with Crippen molar-refractivity contribution in [2.75, 3.05) is 20.3 Å². The summed E-state index contributed by atoms with van der Waals surface area (Å²) in [5.41, 5.74) is 1.13. The number of ether oxygens (including phenoxy) is 1. The Hall–Kier alpha value is -1.55. The molecule has 0 bridgehead atoms. The van der Waals surface area contributed by atoms with Gasteiger partial charge < -0.3 is 14.7 Å². The van der Waals surface area contributed by atoms with Crippen molar-refractivity contribution in [2.45, 2.75) is 31.2 Å². The van der Waals surface area contributed by atoms with E-state index in [1.807, 2.05) is 29.2 Å². The Labute approximate surface area is 119 Å². The molecule has 0 heterocycles. The Morgan fingerprint density at radius 1 is 1.40 bits per heavy atom. The Bertz CT molecular complexity index is 498. The van der Waals surface area contributed by atoms with Gasteiger partial charge in [-0.1, -0.05) is 18.2 Å². The monoisotopic (exact) mass is 275 g/mol. The number of aliphatic hydroxyl groups excluding tert-OH is 1. The van der Waals surface area contributed by atoms with Crippen molar-refractivity contribution in [1.29, 1.82) is 0 Å². The van der Waals surface area contributed by atoms with Gasteiger partial charge in [0.25, 0.3) is 0 Å². The van der Waals surface area contributed by atoms with Crippen molar-refractivity contribution in [3.05, 3.63) is 29.8 Å². The average Bonchev–Trinajstić information content (AvgIpc) is 3.37. The van der Waals surface area contributed by atoms with E-state index >= 15 is 0 Å². The van der Waals surface area contributed by atoms with Crippen LogP contribution in [0.15, 0.2) is 24.3 Å². The van der Waals surface area contributed by atoms with Gasteiger partial charge in [0.05, 0.1) is 13.7 Å². The molecule has 2 aliphatic rings. The third kappa shape index (κ3) is 2.52. The Kier molecular flexibility index (Phi) is 3.66. The van der Waals surface area contributed by atoms with Crippen LogP contribution in [0.4, 0.5) is 0 Å². The highest BCUT2D eigenvalue weighted by Gasteiger charge is 2.48. The normalized spacial score (nSPS) is 24.3. The van der Waals surface area contributed by atoms with E-state index < -0.39 is 0 Å². The molecule has 2 atom stereocenters. The third-order valence-corrected chi connectivity index (χ3v) is 4.26. The van der Waals surface area contributed by atoms with Crippen LogP contribution in [0.2, 0.25) is 0 Å². The van der Waals surface area contributed by atoms with Gasteiger partial charge in [-0.15, -0.1) is 0 Å². The first-order chi connectivity index (χ1) is 9.76. The molecule has 108 valence electrons. The van der Waals surface area contributed by atoms with Crippen LogP contribution < -0.4 is 4.74 Å². The molecule has 1 N–H and O–H groups in total. The summed E-state index contributed by atoms with van der Waals surface area (Å²) >= 11 is 0. The zero-order valence-electron chi connectivity index (χ0n) is 11.8. The summed E-state index contributed by atoms with van der Waals surface area (Å²) in [6.45, 7) is 0.521. The van der Waals surface area contributed by atoms with Crippen molar-refractivity contribution in [1.82, 2.24) is 4.90 Å². The predicted octanol–water partition coefficient (Wildman–Crippen LogP) is 1.78. The van der Waals surface area contributed by atoms with Crippen LogP contribution >= 0.6 is 0 Å². The highest BCUT2D eigenvalue weighted by molar-refractivity contribution is 5.83. The zero-order valence-corrected chi connectivity index (χ0v) is 11.8. The van der Waals surface area contributed by atoms with Gasteiger partial charge in [0.1, 0.15) is 5.75 Å². The zero-order chi connectivity index (χ0) is 14.1. The molecule has 2 aliphatic carbocycles. The molecular weight excluding hydrogens is 254 g/mol. The third-order valence-electron chi connectivity index (χ3n) is 4.26. The van der Waals surface area contributed by atoms with Gasteiger partial charge in [-0.05, 0) is 36.8 Å². The lowest BCUT2D eigenvalue weighted by Gasteiger charge is -2.21. The maximum absolute atomic E-state index is 12.5. The molecule has 1 aromatic carbocycles. The Balaban J connectivity index is 1.70. The molecular formula is C16H21NO3. The fraction of sp³-hybridized carbons (Fsp3) is 0.562. The van der Waals surface area contributed by atoms with Crippen molar-refractivity contribution in [2.24, 2.45) is 5.92 Å². The second-order valence-corrected chi connectivity index (χ2v) is 5.68. The number of aliphatic hydroxyl groups is 1. The van der Waals surface area contributed by atoms with E-state index in [4.69, 9.17) is 9.84 Å². The van der Waals surface area contributed by atoms with Gasteiger partial charge in [-0.25, -0.2) is 0 Å². The second kappa shape index (κ2) is 5.44. The van der Waals surface area contributed by atoms with Crippen molar-refractivity contribution in [3.8, 4) is 5.75 Å². The second-order valence-electron chi connectivity index (χ2n) is 5.68. The first kappa shape index (κ1) is 13.4. The maximum Gasteiger partial charge on any atom is 0.226 e. The number of methoxy groups -OCH3 is 1. The van der Waals surface area contributed by atoms with Crippen LogP contribution in [0.5, 0.6) is 5.75 Å². The van der Waals surface area contributed by atoms with Gasteiger partial charge >= 0.3 is 0 Å². The van der Waals surface area contributed by atoms with E-state index in [0.29, 0.717) is 12.6 Å². The summed E-state index contributed by atoms with van der Waals surface area (Å²) in [4.78, 5) is 14.4. The van der Waals surface area contributed by atoms with Gasteiger partial charge in [0, 0.05) is 18.5 Å². The van der Waals surface area contributed by atoms with E-state index in [2.05, 4.69) is 0 Å². The van der Waals surface area contributed by atoms with Gasteiger partial charge in [-0.2, -0.15) is 0 Å². The van der Waals surface area contributed by atoms with Crippen molar-refractivity contribution >= 4 is 5.91 Å². The first-order valence-corrected chi connectivity index (χ1v) is 7.30. The topological polar surface area (TPSA) is 49.8 Å². The summed E-state index contributed by atoms with van der Waals surface area (Å²) in [5.74, 6) is 1.42. The maximum atomic E-state index is 12.5. The minimum absolute atomic E-state index is 0.0499. The number of carbonyl (C=O) groups excluding carboxylic acids is 1. The number of carbonyl (C=O) groups is 1. The summed E-state index contributed by atoms with van der Waals surface area (Å²) in [6, 6.07) is 8.30. The van der Waals surface area contributed by atoms with E-state index in [-0.39, 0.29) is 24.3 Å². The van der Waals surface area contributed by atoms with Crippen molar-refractivity contribution < 1.29 is 14.6 Å². The van der Waals surface area contributed by atoms with Crippen LogP contribution in [0.3, 0.4) is 0 Å². The Morgan fingerprint density at radius 2 is 2.15 bits per heavy atom. The molecule has 0 saturated heterocycles. The molecule has 1 aromatic rings. The molecule has 4 nitrogen and oxygen atoms in total.